The molecule has 122 valence electrons. The van der Waals surface area contributed by atoms with Gasteiger partial charge in [0, 0.05) is 17.0 Å². The molecule has 0 aliphatic heterocycles. The normalized spacial score (nSPS) is 11.2. The Hall–Kier alpha value is -0.800. The summed E-state index contributed by atoms with van der Waals surface area (Å²) in [5, 5.41) is 10.5. The highest BCUT2D eigenvalue weighted by Gasteiger charge is 2.08. The third-order valence-corrected chi connectivity index (χ3v) is 4.21. The Morgan fingerprint density at radius 1 is 1.36 bits per heavy atom. The molecule has 0 aliphatic rings. The number of hydrogen-bond donors (Lipinski definition) is 2. The molecule has 0 amide bonds. The molecule has 2 heterocycles. The van der Waals surface area contributed by atoms with E-state index in [1.165, 1.54) is 4.88 Å². The maximum atomic E-state index is 5.93. The van der Waals surface area contributed by atoms with Crippen molar-refractivity contribution in [2.75, 3.05) is 6.54 Å². The second-order valence-corrected chi connectivity index (χ2v) is 6.36. The lowest BCUT2D eigenvalue weighted by Crippen LogP contribution is -2.36. The number of guanidine groups is 1. The zero-order valence-electron chi connectivity index (χ0n) is 12.8. The Morgan fingerprint density at radius 3 is 2.68 bits per heavy atom. The lowest BCUT2D eigenvalue weighted by molar-refractivity contribution is 0.392. The van der Waals surface area contributed by atoms with E-state index >= 15 is 0 Å². The standard InChI is InChI=1S/C14H19ClN4OS.HI/c1-4-16-14(17-7-11-5-6-13(15)21-11)18-8-12-9(2)19-20-10(12)3;/h5-6H,4,7-8H2,1-3H3,(H2,16,17,18);1H. The third-order valence-electron chi connectivity index (χ3n) is 2.98. The lowest BCUT2D eigenvalue weighted by atomic mass is 10.2. The van der Waals surface area contributed by atoms with E-state index in [-0.39, 0.29) is 24.0 Å². The zero-order chi connectivity index (χ0) is 15.2. The molecule has 2 N–H and O–H groups in total. The van der Waals surface area contributed by atoms with Crippen LogP contribution < -0.4 is 10.6 Å². The molecule has 0 unspecified atom stereocenters. The molecule has 2 aromatic heterocycles. The number of aliphatic imine (C=N–C) groups is 1. The van der Waals surface area contributed by atoms with E-state index in [2.05, 4.69) is 20.8 Å². The minimum atomic E-state index is 0. The highest BCUT2D eigenvalue weighted by molar-refractivity contribution is 14.0. The highest BCUT2D eigenvalue weighted by atomic mass is 127. The number of hydrogen-bond acceptors (Lipinski definition) is 4. The van der Waals surface area contributed by atoms with Crippen molar-refractivity contribution in [3.05, 3.63) is 38.4 Å². The summed E-state index contributed by atoms with van der Waals surface area (Å²) in [6, 6.07) is 3.91. The summed E-state index contributed by atoms with van der Waals surface area (Å²) in [4.78, 5) is 5.73. The van der Waals surface area contributed by atoms with Crippen LogP contribution in [0.1, 0.15) is 28.8 Å². The van der Waals surface area contributed by atoms with Crippen LogP contribution in [0.2, 0.25) is 4.34 Å². The second kappa shape index (κ2) is 9.36. The number of thiophene rings is 1. The van der Waals surface area contributed by atoms with Crippen LogP contribution in [-0.4, -0.2) is 17.7 Å². The van der Waals surface area contributed by atoms with Gasteiger partial charge in [-0.15, -0.1) is 35.3 Å². The van der Waals surface area contributed by atoms with Gasteiger partial charge in [0.25, 0.3) is 0 Å². The van der Waals surface area contributed by atoms with Gasteiger partial charge < -0.3 is 15.2 Å². The molecule has 5 nitrogen and oxygen atoms in total. The van der Waals surface area contributed by atoms with Crippen molar-refractivity contribution in [2.24, 2.45) is 4.99 Å². The quantitative estimate of drug-likeness (QED) is 0.409. The van der Waals surface area contributed by atoms with Crippen molar-refractivity contribution >= 4 is 52.9 Å². The minimum absolute atomic E-state index is 0. The van der Waals surface area contributed by atoms with E-state index in [0.29, 0.717) is 13.1 Å². The first-order chi connectivity index (χ1) is 10.1. The largest absolute Gasteiger partial charge is 0.361 e. The Morgan fingerprint density at radius 2 is 2.14 bits per heavy atom. The molecule has 2 aromatic rings. The zero-order valence-corrected chi connectivity index (χ0v) is 16.7. The van der Waals surface area contributed by atoms with Gasteiger partial charge in [-0.2, -0.15) is 0 Å². The lowest BCUT2D eigenvalue weighted by Gasteiger charge is -2.10. The summed E-state index contributed by atoms with van der Waals surface area (Å²) in [7, 11) is 0. The van der Waals surface area contributed by atoms with Crippen LogP contribution in [-0.2, 0) is 13.1 Å². The fraction of sp³-hybridized carbons (Fsp3) is 0.429. The van der Waals surface area contributed by atoms with E-state index in [0.717, 1.165) is 33.9 Å². The van der Waals surface area contributed by atoms with Gasteiger partial charge in [-0.1, -0.05) is 16.8 Å². The Bertz CT molecular complexity index is 607. The first-order valence-corrected chi connectivity index (χ1v) is 7.97. The average molecular weight is 455 g/mol. The molecule has 0 atom stereocenters. The summed E-state index contributed by atoms with van der Waals surface area (Å²) in [6.07, 6.45) is 0. The van der Waals surface area contributed by atoms with Gasteiger partial charge in [0.2, 0.25) is 0 Å². The van der Waals surface area contributed by atoms with E-state index in [1.54, 1.807) is 11.3 Å². The molecule has 0 aliphatic carbocycles. The number of aromatic nitrogens is 1. The van der Waals surface area contributed by atoms with E-state index in [4.69, 9.17) is 16.1 Å². The maximum absolute atomic E-state index is 5.93. The van der Waals surface area contributed by atoms with Crippen LogP contribution in [0.3, 0.4) is 0 Å². The first kappa shape index (κ1) is 19.2. The van der Waals surface area contributed by atoms with Crippen LogP contribution in [0.15, 0.2) is 21.6 Å². The number of rotatable bonds is 5. The van der Waals surface area contributed by atoms with Gasteiger partial charge in [0.1, 0.15) is 5.76 Å². The highest BCUT2D eigenvalue weighted by Crippen LogP contribution is 2.21. The number of nitrogens with one attached hydrogen (secondary N) is 2. The Balaban J connectivity index is 0.00000242. The molecule has 0 fully saturated rings. The molecule has 22 heavy (non-hydrogen) atoms. The molecule has 0 radical (unpaired) electrons. The molecule has 0 spiro atoms. The molecular weight excluding hydrogens is 435 g/mol. The van der Waals surface area contributed by atoms with Crippen LogP contribution in [0.4, 0.5) is 0 Å². The van der Waals surface area contributed by atoms with Gasteiger partial charge >= 0.3 is 0 Å². The van der Waals surface area contributed by atoms with Crippen molar-refractivity contribution < 1.29 is 4.52 Å². The predicted molar refractivity (Wildman–Crippen MR) is 102 cm³/mol. The summed E-state index contributed by atoms with van der Waals surface area (Å²) in [6.45, 7) is 7.91. The van der Waals surface area contributed by atoms with E-state index in [9.17, 15) is 0 Å². The fourth-order valence-electron chi connectivity index (χ4n) is 1.85. The van der Waals surface area contributed by atoms with Crippen LogP contribution >= 0.6 is 46.9 Å². The predicted octanol–water partition coefficient (Wildman–Crippen LogP) is 3.88. The molecule has 0 bridgehead atoms. The van der Waals surface area contributed by atoms with Crippen molar-refractivity contribution in [1.82, 2.24) is 15.8 Å². The molecule has 2 rings (SSSR count). The second-order valence-electron chi connectivity index (χ2n) is 4.56. The number of halogens is 2. The maximum Gasteiger partial charge on any atom is 0.191 e. The smallest absolute Gasteiger partial charge is 0.191 e. The summed E-state index contributed by atoms with van der Waals surface area (Å²) in [5.41, 5.74) is 1.92. The van der Waals surface area contributed by atoms with Crippen LogP contribution in [0.5, 0.6) is 0 Å². The molecular formula is C14H20ClIN4OS. The first-order valence-electron chi connectivity index (χ1n) is 6.78. The SMILES string of the molecule is CCNC(=NCc1c(C)noc1C)NCc1ccc(Cl)s1.I. The summed E-state index contributed by atoms with van der Waals surface area (Å²) < 4.78 is 5.94. The van der Waals surface area contributed by atoms with Gasteiger partial charge in [0.05, 0.1) is 23.1 Å². The van der Waals surface area contributed by atoms with Gasteiger partial charge in [0.15, 0.2) is 5.96 Å². The monoisotopic (exact) mass is 454 g/mol. The van der Waals surface area contributed by atoms with Crippen LogP contribution in [0.25, 0.3) is 0 Å². The van der Waals surface area contributed by atoms with Crippen LogP contribution in [0, 0.1) is 13.8 Å². The molecule has 0 saturated carbocycles. The van der Waals surface area contributed by atoms with Crippen molar-refractivity contribution in [3.63, 3.8) is 0 Å². The van der Waals surface area contributed by atoms with E-state index in [1.807, 2.05) is 32.9 Å². The summed E-state index contributed by atoms with van der Waals surface area (Å²) in [5.74, 6) is 1.58. The molecule has 0 saturated heterocycles. The average Bonchev–Trinajstić information content (AvgIpc) is 3.00. The van der Waals surface area contributed by atoms with Gasteiger partial charge in [-0.25, -0.2) is 4.99 Å². The fourth-order valence-corrected chi connectivity index (χ4v) is 2.87. The number of nitrogens with zero attached hydrogens (tertiary/aromatic N) is 2. The topological polar surface area (TPSA) is 62.5 Å². The Kier molecular flexibility index (Phi) is 8.19. The van der Waals surface area contributed by atoms with Crippen molar-refractivity contribution in [2.45, 2.75) is 33.9 Å². The molecule has 8 heteroatoms. The van der Waals surface area contributed by atoms with Gasteiger partial charge in [-0.3, -0.25) is 0 Å². The minimum Gasteiger partial charge on any atom is -0.361 e. The van der Waals surface area contributed by atoms with E-state index < -0.39 is 0 Å². The number of aryl methyl sites for hydroxylation is 2. The van der Waals surface area contributed by atoms with Crippen molar-refractivity contribution in [1.29, 1.82) is 0 Å². The molecule has 0 aromatic carbocycles. The Labute approximate surface area is 156 Å². The van der Waals surface area contributed by atoms with Gasteiger partial charge in [-0.05, 0) is 32.9 Å². The summed E-state index contributed by atoms with van der Waals surface area (Å²) >= 11 is 7.49. The third kappa shape index (κ3) is 5.44. The van der Waals surface area contributed by atoms with Crippen molar-refractivity contribution in [3.8, 4) is 0 Å².